The van der Waals surface area contributed by atoms with Gasteiger partial charge >= 0.3 is 6.09 Å². The Balaban J connectivity index is 2.11. The first-order valence-corrected chi connectivity index (χ1v) is 5.84. The predicted octanol–water partition coefficient (Wildman–Crippen LogP) is 3.25. The Labute approximate surface area is 97.3 Å². The van der Waals surface area contributed by atoms with E-state index in [4.69, 9.17) is 4.74 Å². The number of carbonyl (C=O) groups excluding carboxylic acids is 1. The van der Waals surface area contributed by atoms with Gasteiger partial charge < -0.3 is 4.74 Å². The summed E-state index contributed by atoms with van der Waals surface area (Å²) in [4.78, 5) is 15.5. The lowest BCUT2D eigenvalue weighted by Gasteiger charge is -2.09. The second kappa shape index (κ2) is 4.49. The van der Waals surface area contributed by atoms with Crippen LogP contribution < -0.4 is 5.32 Å². The van der Waals surface area contributed by atoms with Gasteiger partial charge in [0.1, 0.15) is 0 Å². The Morgan fingerprint density at radius 3 is 3.06 bits per heavy atom. The number of anilines is 1. The maximum absolute atomic E-state index is 11.4. The van der Waals surface area contributed by atoms with Crippen molar-refractivity contribution in [3.05, 3.63) is 23.7 Å². The third-order valence-electron chi connectivity index (χ3n) is 1.92. The topological polar surface area (TPSA) is 51.2 Å². The number of fused-ring (bicyclic) bond motifs is 1. The Kier molecular flexibility index (Phi) is 3.05. The zero-order valence-electron chi connectivity index (χ0n) is 9.06. The van der Waals surface area contributed by atoms with Gasteiger partial charge in [-0.1, -0.05) is 0 Å². The van der Waals surface area contributed by atoms with E-state index in [1.165, 1.54) is 11.3 Å². The number of hydrogen-bond donors (Lipinski definition) is 1. The molecule has 1 N–H and O–H groups in total. The Morgan fingerprint density at radius 2 is 2.31 bits per heavy atom. The van der Waals surface area contributed by atoms with Gasteiger partial charge in [-0.25, -0.2) is 9.78 Å². The van der Waals surface area contributed by atoms with Crippen LogP contribution in [-0.2, 0) is 4.74 Å². The quantitative estimate of drug-likeness (QED) is 0.870. The van der Waals surface area contributed by atoms with E-state index < -0.39 is 6.09 Å². The van der Waals surface area contributed by atoms with Gasteiger partial charge in [-0.2, -0.15) is 0 Å². The lowest BCUT2D eigenvalue weighted by atomic mass is 10.3. The lowest BCUT2D eigenvalue weighted by molar-refractivity contribution is 0.130. The smallest absolute Gasteiger partial charge is 0.411 e. The molecule has 1 heterocycles. The van der Waals surface area contributed by atoms with E-state index in [0.717, 1.165) is 15.9 Å². The first kappa shape index (κ1) is 10.9. The number of nitrogens with one attached hydrogen (secondary N) is 1. The second-order valence-electron chi connectivity index (χ2n) is 3.61. The van der Waals surface area contributed by atoms with Gasteiger partial charge in [0, 0.05) is 5.69 Å². The number of rotatable bonds is 2. The molecule has 0 fully saturated rings. The van der Waals surface area contributed by atoms with Crippen molar-refractivity contribution >= 4 is 33.3 Å². The van der Waals surface area contributed by atoms with Crippen LogP contribution in [-0.4, -0.2) is 17.2 Å². The fourth-order valence-electron chi connectivity index (χ4n) is 1.29. The summed E-state index contributed by atoms with van der Waals surface area (Å²) in [7, 11) is 0. The minimum absolute atomic E-state index is 0.118. The first-order valence-electron chi connectivity index (χ1n) is 4.96. The molecular weight excluding hydrogens is 224 g/mol. The van der Waals surface area contributed by atoms with E-state index in [1.807, 2.05) is 32.0 Å². The number of hydrogen-bond acceptors (Lipinski definition) is 4. The lowest BCUT2D eigenvalue weighted by Crippen LogP contribution is -2.17. The van der Waals surface area contributed by atoms with Gasteiger partial charge in [-0.15, -0.1) is 11.3 Å². The van der Waals surface area contributed by atoms with Gasteiger partial charge in [0.2, 0.25) is 0 Å². The van der Waals surface area contributed by atoms with Crippen LogP contribution in [0.25, 0.3) is 10.2 Å². The number of amides is 1. The summed E-state index contributed by atoms with van der Waals surface area (Å²) in [5.74, 6) is 0. The highest BCUT2D eigenvalue weighted by Gasteiger charge is 2.06. The average molecular weight is 236 g/mol. The first-order chi connectivity index (χ1) is 7.65. The highest BCUT2D eigenvalue weighted by Crippen LogP contribution is 2.21. The molecule has 5 heteroatoms. The molecule has 16 heavy (non-hydrogen) atoms. The van der Waals surface area contributed by atoms with E-state index >= 15 is 0 Å². The summed E-state index contributed by atoms with van der Waals surface area (Å²) in [6.45, 7) is 3.62. The molecular formula is C11H12N2O2S. The normalized spacial score (nSPS) is 10.7. The maximum atomic E-state index is 11.4. The minimum atomic E-state index is -0.432. The molecule has 1 aromatic carbocycles. The molecule has 0 aliphatic carbocycles. The van der Waals surface area contributed by atoms with Crippen molar-refractivity contribution in [1.82, 2.24) is 4.98 Å². The fraction of sp³-hybridized carbons (Fsp3) is 0.273. The van der Waals surface area contributed by atoms with Gasteiger partial charge in [-0.05, 0) is 32.0 Å². The Hall–Kier alpha value is -1.62. The summed E-state index contributed by atoms with van der Waals surface area (Å²) < 4.78 is 6.03. The monoisotopic (exact) mass is 236 g/mol. The number of benzene rings is 1. The number of carbonyl (C=O) groups is 1. The molecule has 84 valence electrons. The van der Waals surface area contributed by atoms with Crippen LogP contribution >= 0.6 is 11.3 Å². The molecule has 0 aliphatic heterocycles. The van der Waals surface area contributed by atoms with Crippen LogP contribution in [0.4, 0.5) is 10.5 Å². The van der Waals surface area contributed by atoms with E-state index in [1.54, 1.807) is 5.51 Å². The van der Waals surface area contributed by atoms with E-state index in [2.05, 4.69) is 10.3 Å². The molecule has 0 unspecified atom stereocenters. The van der Waals surface area contributed by atoms with E-state index in [9.17, 15) is 4.79 Å². The Bertz CT molecular complexity index is 507. The molecule has 2 aromatic rings. The molecule has 0 aliphatic rings. The molecule has 4 nitrogen and oxygen atoms in total. The van der Waals surface area contributed by atoms with E-state index in [-0.39, 0.29) is 6.10 Å². The highest BCUT2D eigenvalue weighted by molar-refractivity contribution is 7.16. The minimum Gasteiger partial charge on any atom is -0.447 e. The Morgan fingerprint density at radius 1 is 1.50 bits per heavy atom. The molecule has 2 rings (SSSR count). The van der Waals surface area contributed by atoms with Crippen molar-refractivity contribution in [3.63, 3.8) is 0 Å². The summed E-state index contributed by atoms with van der Waals surface area (Å²) in [6, 6.07) is 5.56. The van der Waals surface area contributed by atoms with Crippen LogP contribution in [0.2, 0.25) is 0 Å². The number of nitrogens with zero attached hydrogens (tertiary/aromatic N) is 1. The van der Waals surface area contributed by atoms with Gasteiger partial charge in [0.15, 0.2) is 0 Å². The fourth-order valence-corrected chi connectivity index (χ4v) is 2.01. The summed E-state index contributed by atoms with van der Waals surface area (Å²) in [5.41, 5.74) is 3.44. The van der Waals surface area contributed by atoms with Crippen LogP contribution in [0.5, 0.6) is 0 Å². The number of thiazole rings is 1. The molecule has 1 amide bonds. The largest absolute Gasteiger partial charge is 0.447 e. The molecule has 0 saturated carbocycles. The third kappa shape index (κ3) is 2.49. The highest BCUT2D eigenvalue weighted by atomic mass is 32.1. The molecule has 0 saturated heterocycles. The van der Waals surface area contributed by atoms with Crippen LogP contribution in [0.15, 0.2) is 23.7 Å². The standard InChI is InChI=1S/C11H12N2O2S/c1-7(2)15-11(14)13-8-3-4-9-10(5-8)16-6-12-9/h3-7H,1-2H3,(H,13,14). The van der Waals surface area contributed by atoms with Gasteiger partial charge in [0.25, 0.3) is 0 Å². The van der Waals surface area contributed by atoms with Gasteiger partial charge in [-0.3, -0.25) is 5.32 Å². The maximum Gasteiger partial charge on any atom is 0.411 e. The van der Waals surface area contributed by atoms with Crippen molar-refractivity contribution in [2.24, 2.45) is 0 Å². The van der Waals surface area contributed by atoms with Crippen molar-refractivity contribution in [3.8, 4) is 0 Å². The van der Waals surface area contributed by atoms with Crippen LogP contribution in [0, 0.1) is 0 Å². The molecule has 0 radical (unpaired) electrons. The van der Waals surface area contributed by atoms with E-state index in [0.29, 0.717) is 0 Å². The zero-order valence-corrected chi connectivity index (χ0v) is 9.88. The molecule has 1 aromatic heterocycles. The third-order valence-corrected chi connectivity index (χ3v) is 2.71. The summed E-state index contributed by atoms with van der Waals surface area (Å²) >= 11 is 1.54. The van der Waals surface area contributed by atoms with Crippen molar-refractivity contribution < 1.29 is 9.53 Å². The molecule has 0 spiro atoms. The molecule has 0 bridgehead atoms. The second-order valence-corrected chi connectivity index (χ2v) is 4.50. The summed E-state index contributed by atoms with van der Waals surface area (Å²) in [5, 5.41) is 2.67. The summed E-state index contributed by atoms with van der Waals surface area (Å²) in [6.07, 6.45) is -0.550. The van der Waals surface area contributed by atoms with Crippen molar-refractivity contribution in [1.29, 1.82) is 0 Å². The molecule has 0 atom stereocenters. The number of aromatic nitrogens is 1. The van der Waals surface area contributed by atoms with Gasteiger partial charge in [0.05, 0.1) is 21.8 Å². The van der Waals surface area contributed by atoms with Crippen LogP contribution in [0.3, 0.4) is 0 Å². The number of ether oxygens (including phenoxy) is 1. The predicted molar refractivity (Wildman–Crippen MR) is 64.9 cm³/mol. The average Bonchev–Trinajstić information content (AvgIpc) is 2.63. The van der Waals surface area contributed by atoms with Crippen molar-refractivity contribution in [2.75, 3.05) is 5.32 Å². The van der Waals surface area contributed by atoms with Crippen LogP contribution in [0.1, 0.15) is 13.8 Å². The van der Waals surface area contributed by atoms with Crippen molar-refractivity contribution in [2.45, 2.75) is 20.0 Å². The SMILES string of the molecule is CC(C)OC(=O)Nc1ccc2ncsc2c1. The zero-order chi connectivity index (χ0) is 11.5.